The highest BCUT2D eigenvalue weighted by Gasteiger charge is 2.34. The van der Waals surface area contributed by atoms with Gasteiger partial charge >= 0.3 is 0 Å². The topological polar surface area (TPSA) is 0 Å². The number of hydrogen-bond donors (Lipinski definition) is 0. The lowest BCUT2D eigenvalue weighted by molar-refractivity contribution is 0.429. The van der Waals surface area contributed by atoms with Crippen LogP contribution in [-0.2, 0) is 0 Å². The summed E-state index contributed by atoms with van der Waals surface area (Å²) in [5.41, 5.74) is 0. The van der Waals surface area contributed by atoms with Crippen LogP contribution in [0, 0.1) is 17.8 Å². The van der Waals surface area contributed by atoms with Crippen LogP contribution < -0.4 is 0 Å². The van der Waals surface area contributed by atoms with E-state index in [1.54, 1.807) is 19.3 Å². The Bertz CT molecular complexity index is 308. The van der Waals surface area contributed by atoms with Crippen molar-refractivity contribution in [3.05, 3.63) is 0 Å². The molecule has 0 spiro atoms. The predicted molar refractivity (Wildman–Crippen MR) is 122 cm³/mol. The molecule has 0 heteroatoms. The summed E-state index contributed by atoms with van der Waals surface area (Å²) in [6.45, 7) is 2.50. The fourth-order valence-corrected chi connectivity index (χ4v) is 5.44. The third-order valence-corrected chi connectivity index (χ3v) is 7.61. The zero-order chi connectivity index (χ0) is 19.0. The maximum atomic E-state index is 2.50. The average molecular weight is 377 g/mol. The van der Waals surface area contributed by atoms with Gasteiger partial charge < -0.3 is 0 Å². The van der Waals surface area contributed by atoms with Crippen molar-refractivity contribution in [2.75, 3.05) is 0 Å². The largest absolute Gasteiger partial charge is 0.0625 e. The minimum Gasteiger partial charge on any atom is -0.0625 e. The lowest BCUT2D eigenvalue weighted by Crippen LogP contribution is -1.95. The van der Waals surface area contributed by atoms with Gasteiger partial charge in [0.15, 0.2) is 0 Å². The molecule has 0 saturated heterocycles. The molecule has 2 aliphatic carbocycles. The summed E-state index contributed by atoms with van der Waals surface area (Å²) in [7, 11) is 0. The third kappa shape index (κ3) is 13.0. The van der Waals surface area contributed by atoms with E-state index in [4.69, 9.17) is 0 Å². The van der Waals surface area contributed by atoms with Crippen molar-refractivity contribution in [1.29, 1.82) is 0 Å². The van der Waals surface area contributed by atoms with Crippen molar-refractivity contribution in [1.82, 2.24) is 0 Å². The molecule has 2 rings (SSSR count). The molecule has 0 amide bonds. The monoisotopic (exact) mass is 376 g/mol. The molecule has 0 aromatic carbocycles. The van der Waals surface area contributed by atoms with E-state index in [9.17, 15) is 0 Å². The molecular formula is C27H52. The van der Waals surface area contributed by atoms with E-state index in [0.717, 1.165) is 17.8 Å². The SMILES string of the molecule is CC1CCCCCCCCCCCCCCCC2CC2CCCCCCC1. The van der Waals surface area contributed by atoms with Crippen LogP contribution in [-0.4, -0.2) is 0 Å². The molecule has 0 N–H and O–H groups in total. The van der Waals surface area contributed by atoms with Crippen molar-refractivity contribution in [3.8, 4) is 0 Å². The summed E-state index contributed by atoms with van der Waals surface area (Å²) in [5.74, 6) is 3.26. The maximum absolute atomic E-state index is 2.50. The smallest absolute Gasteiger partial charge is 0.0383 e. The third-order valence-electron chi connectivity index (χ3n) is 7.61. The van der Waals surface area contributed by atoms with Crippen LogP contribution in [0.2, 0.25) is 0 Å². The van der Waals surface area contributed by atoms with Gasteiger partial charge in [0.05, 0.1) is 0 Å². The summed E-state index contributed by atoms with van der Waals surface area (Å²) in [5, 5.41) is 0. The van der Waals surface area contributed by atoms with Crippen LogP contribution in [0.5, 0.6) is 0 Å². The summed E-state index contributed by atoms with van der Waals surface area (Å²) in [6, 6.07) is 0. The van der Waals surface area contributed by atoms with Crippen molar-refractivity contribution < 1.29 is 0 Å². The van der Waals surface area contributed by atoms with Gasteiger partial charge in [-0.1, -0.05) is 148 Å². The van der Waals surface area contributed by atoms with Gasteiger partial charge in [-0.15, -0.1) is 0 Å². The van der Waals surface area contributed by atoms with Gasteiger partial charge in [-0.2, -0.15) is 0 Å². The van der Waals surface area contributed by atoms with E-state index in [0.29, 0.717) is 0 Å². The first-order chi connectivity index (χ1) is 13.4. The fraction of sp³-hybridized carbons (Fsp3) is 1.00. The Morgan fingerprint density at radius 1 is 0.333 bits per heavy atom. The van der Waals surface area contributed by atoms with E-state index in [1.807, 2.05) is 0 Å². The van der Waals surface area contributed by atoms with Gasteiger partial charge in [-0.25, -0.2) is 0 Å². The van der Waals surface area contributed by atoms with Crippen molar-refractivity contribution in [2.45, 2.75) is 155 Å². The van der Waals surface area contributed by atoms with Crippen LogP contribution in [0.25, 0.3) is 0 Å². The minimum absolute atomic E-state index is 0.978. The first-order valence-electron chi connectivity index (χ1n) is 13.4. The van der Waals surface area contributed by atoms with E-state index in [2.05, 4.69) is 6.92 Å². The second kappa shape index (κ2) is 15.9. The first kappa shape index (κ1) is 23.3. The molecule has 2 fully saturated rings. The lowest BCUT2D eigenvalue weighted by atomic mass is 9.95. The van der Waals surface area contributed by atoms with Crippen LogP contribution in [0.15, 0.2) is 0 Å². The first-order valence-corrected chi connectivity index (χ1v) is 13.4. The summed E-state index contributed by atoms with van der Waals surface area (Å²) >= 11 is 0. The molecule has 2 saturated carbocycles. The van der Waals surface area contributed by atoms with E-state index >= 15 is 0 Å². The Hall–Kier alpha value is 0. The highest BCUT2D eigenvalue weighted by Crippen LogP contribution is 2.45. The Kier molecular flexibility index (Phi) is 13.7. The van der Waals surface area contributed by atoms with Crippen molar-refractivity contribution in [2.24, 2.45) is 17.8 Å². The molecule has 0 bridgehead atoms. The second-order valence-electron chi connectivity index (χ2n) is 10.4. The molecule has 0 radical (unpaired) electrons. The normalized spacial score (nSPS) is 32.6. The van der Waals surface area contributed by atoms with Crippen LogP contribution in [0.4, 0.5) is 0 Å². The number of hydrogen-bond acceptors (Lipinski definition) is 0. The van der Waals surface area contributed by atoms with Gasteiger partial charge in [0.2, 0.25) is 0 Å². The number of fused-ring (bicyclic) bond motifs is 1. The summed E-state index contributed by atoms with van der Waals surface area (Å²) < 4.78 is 0. The molecule has 0 nitrogen and oxygen atoms in total. The molecule has 0 aromatic rings. The van der Waals surface area contributed by atoms with Gasteiger partial charge in [0.25, 0.3) is 0 Å². The van der Waals surface area contributed by atoms with Gasteiger partial charge in [0, 0.05) is 0 Å². The molecule has 0 aromatic heterocycles. The lowest BCUT2D eigenvalue weighted by Gasteiger charge is -2.11. The van der Waals surface area contributed by atoms with Gasteiger partial charge in [0.1, 0.15) is 0 Å². The second-order valence-corrected chi connectivity index (χ2v) is 10.4. The molecule has 3 unspecified atom stereocenters. The van der Waals surface area contributed by atoms with Crippen LogP contribution in [0.3, 0.4) is 0 Å². The molecule has 3 atom stereocenters. The Morgan fingerprint density at radius 2 is 0.593 bits per heavy atom. The van der Waals surface area contributed by atoms with Crippen LogP contribution in [0.1, 0.15) is 155 Å². The average Bonchev–Trinajstić information content (AvgIpc) is 3.41. The predicted octanol–water partition coefficient (Wildman–Crippen LogP) is 9.85. The Labute approximate surface area is 172 Å². The highest BCUT2D eigenvalue weighted by molar-refractivity contribution is 4.85. The zero-order valence-corrected chi connectivity index (χ0v) is 19.0. The fourth-order valence-electron chi connectivity index (χ4n) is 5.44. The summed E-state index contributed by atoms with van der Waals surface area (Å²) in [6.07, 6.45) is 34.7. The molecule has 0 aliphatic heterocycles. The highest BCUT2D eigenvalue weighted by atomic mass is 14.4. The van der Waals surface area contributed by atoms with Crippen LogP contribution >= 0.6 is 0 Å². The summed E-state index contributed by atoms with van der Waals surface area (Å²) in [4.78, 5) is 0. The van der Waals surface area contributed by atoms with E-state index < -0.39 is 0 Å². The molecule has 27 heavy (non-hydrogen) atoms. The Morgan fingerprint density at radius 3 is 0.926 bits per heavy atom. The van der Waals surface area contributed by atoms with E-state index in [-0.39, 0.29) is 0 Å². The quantitative estimate of drug-likeness (QED) is 0.394. The van der Waals surface area contributed by atoms with Crippen molar-refractivity contribution >= 4 is 0 Å². The van der Waals surface area contributed by atoms with Crippen molar-refractivity contribution in [3.63, 3.8) is 0 Å². The maximum Gasteiger partial charge on any atom is -0.0383 e. The number of rotatable bonds is 0. The Balaban J connectivity index is 1.53. The zero-order valence-electron chi connectivity index (χ0n) is 19.0. The van der Waals surface area contributed by atoms with Gasteiger partial charge in [-0.3, -0.25) is 0 Å². The van der Waals surface area contributed by atoms with E-state index in [1.165, 1.54) is 128 Å². The standard InChI is InChI=1S/C27H52/c1-25-20-16-12-9-7-5-3-2-4-6-8-10-14-18-22-26-24-27(26)23-19-15-11-13-17-21-25/h25-27H,2-24H2,1H3. The molecular weight excluding hydrogens is 324 g/mol. The minimum atomic E-state index is 0.978. The molecule has 2 aliphatic rings. The molecule has 0 heterocycles. The van der Waals surface area contributed by atoms with Gasteiger partial charge in [-0.05, 0) is 24.2 Å². The molecule has 160 valence electrons.